The number of hydrogen-bond acceptors (Lipinski definition) is 4. The molecule has 1 aliphatic rings. The lowest BCUT2D eigenvalue weighted by molar-refractivity contribution is 0.0632. The van der Waals surface area contributed by atoms with Gasteiger partial charge in [0, 0.05) is 38.8 Å². The summed E-state index contributed by atoms with van der Waals surface area (Å²) in [5, 5.41) is 7.08. The maximum atomic E-state index is 12.7. The largest absolute Gasteiger partial charge is 0.460 e. The predicted molar refractivity (Wildman–Crippen MR) is 104 cm³/mol. The van der Waals surface area contributed by atoms with Crippen LogP contribution < -0.4 is 0 Å². The monoisotopic (exact) mass is 364 g/mol. The van der Waals surface area contributed by atoms with Gasteiger partial charge in [-0.25, -0.2) is 0 Å². The summed E-state index contributed by atoms with van der Waals surface area (Å²) < 4.78 is 5.58. The van der Waals surface area contributed by atoms with Crippen LogP contribution in [-0.4, -0.2) is 58.6 Å². The van der Waals surface area contributed by atoms with E-state index in [2.05, 4.69) is 39.4 Å². The molecule has 3 aromatic rings. The number of rotatable bonds is 5. The Morgan fingerprint density at radius 2 is 1.89 bits per heavy atom. The van der Waals surface area contributed by atoms with E-state index in [0.717, 1.165) is 50.6 Å². The summed E-state index contributed by atoms with van der Waals surface area (Å²) in [5.41, 5.74) is 2.53. The fraction of sp³-hybridized carbons (Fsp3) is 0.333. The van der Waals surface area contributed by atoms with Crippen LogP contribution in [0.4, 0.5) is 0 Å². The van der Waals surface area contributed by atoms with Crippen molar-refractivity contribution in [2.45, 2.75) is 13.3 Å². The Balaban J connectivity index is 1.30. The number of carbonyl (C=O) groups is 1. The fourth-order valence-corrected chi connectivity index (χ4v) is 3.41. The van der Waals surface area contributed by atoms with Crippen LogP contribution in [0.2, 0.25) is 0 Å². The van der Waals surface area contributed by atoms with Gasteiger partial charge in [-0.15, -0.1) is 0 Å². The van der Waals surface area contributed by atoms with Gasteiger partial charge in [0.15, 0.2) is 11.5 Å². The van der Waals surface area contributed by atoms with Crippen LogP contribution in [0.25, 0.3) is 11.5 Å². The number of aromatic amines is 1. The molecule has 1 amide bonds. The van der Waals surface area contributed by atoms with Gasteiger partial charge in [0.25, 0.3) is 5.91 Å². The van der Waals surface area contributed by atoms with Crippen LogP contribution in [0, 0.1) is 6.92 Å². The molecule has 0 unspecified atom stereocenters. The quantitative estimate of drug-likeness (QED) is 0.756. The van der Waals surface area contributed by atoms with Crippen molar-refractivity contribution in [3.63, 3.8) is 0 Å². The van der Waals surface area contributed by atoms with Crippen molar-refractivity contribution < 1.29 is 9.21 Å². The number of aromatic nitrogens is 2. The van der Waals surface area contributed by atoms with Gasteiger partial charge in [-0.2, -0.15) is 5.10 Å². The summed E-state index contributed by atoms with van der Waals surface area (Å²) in [4.78, 5) is 17.0. The number of furan rings is 1. The molecule has 1 aromatic carbocycles. The Labute approximate surface area is 158 Å². The molecule has 6 heteroatoms. The Morgan fingerprint density at radius 1 is 1.11 bits per heavy atom. The molecule has 0 saturated carbocycles. The minimum atomic E-state index is -0.0245. The molecule has 1 N–H and O–H groups in total. The smallest absolute Gasteiger partial charge is 0.274 e. The van der Waals surface area contributed by atoms with Crippen molar-refractivity contribution in [3.8, 4) is 11.5 Å². The van der Waals surface area contributed by atoms with Crippen molar-refractivity contribution in [2.24, 2.45) is 0 Å². The van der Waals surface area contributed by atoms with Gasteiger partial charge in [0.05, 0.1) is 0 Å². The van der Waals surface area contributed by atoms with E-state index in [4.69, 9.17) is 4.42 Å². The van der Waals surface area contributed by atoms with Crippen molar-refractivity contribution in [2.75, 3.05) is 32.7 Å². The van der Waals surface area contributed by atoms with E-state index in [-0.39, 0.29) is 5.91 Å². The van der Waals surface area contributed by atoms with E-state index in [1.165, 1.54) is 5.56 Å². The van der Waals surface area contributed by atoms with Gasteiger partial charge in [0.1, 0.15) is 11.5 Å². The normalized spacial score (nSPS) is 15.2. The molecule has 3 heterocycles. The van der Waals surface area contributed by atoms with Crippen molar-refractivity contribution in [1.82, 2.24) is 20.0 Å². The number of hydrogen-bond donors (Lipinski definition) is 1. The molecule has 6 nitrogen and oxygen atoms in total. The standard InChI is InChI=1S/C21H24N4O2/c1-16-7-8-20(27-16)18-15-19(23-22-18)21(26)25-13-11-24(12-14-25)10-9-17-5-3-2-4-6-17/h2-8,15H,9-14H2,1H3,(H,22,23). The molecule has 140 valence electrons. The molecule has 27 heavy (non-hydrogen) atoms. The van der Waals surface area contributed by atoms with Crippen LogP contribution in [0.15, 0.2) is 52.9 Å². The van der Waals surface area contributed by atoms with Crippen LogP contribution >= 0.6 is 0 Å². The molecule has 0 spiro atoms. The molecular weight excluding hydrogens is 340 g/mol. The number of benzene rings is 1. The number of aryl methyl sites for hydroxylation is 1. The number of H-pyrrole nitrogens is 1. The summed E-state index contributed by atoms with van der Waals surface area (Å²) in [6, 6.07) is 16.1. The zero-order valence-corrected chi connectivity index (χ0v) is 15.5. The summed E-state index contributed by atoms with van der Waals surface area (Å²) in [5.74, 6) is 1.51. The molecule has 0 atom stereocenters. The van der Waals surface area contributed by atoms with Gasteiger partial charge in [-0.05, 0) is 31.0 Å². The Kier molecular flexibility index (Phi) is 5.07. The maximum Gasteiger partial charge on any atom is 0.274 e. The van der Waals surface area contributed by atoms with Gasteiger partial charge < -0.3 is 9.32 Å². The lowest BCUT2D eigenvalue weighted by Crippen LogP contribution is -2.49. The van der Waals surface area contributed by atoms with Gasteiger partial charge in [0.2, 0.25) is 0 Å². The summed E-state index contributed by atoms with van der Waals surface area (Å²) in [6.07, 6.45) is 1.04. The highest BCUT2D eigenvalue weighted by Crippen LogP contribution is 2.21. The lowest BCUT2D eigenvalue weighted by atomic mass is 10.1. The first-order chi connectivity index (χ1) is 13.2. The van der Waals surface area contributed by atoms with Gasteiger partial charge in [-0.3, -0.25) is 14.8 Å². The maximum absolute atomic E-state index is 12.7. The molecule has 1 aliphatic heterocycles. The first-order valence-electron chi connectivity index (χ1n) is 9.37. The van der Waals surface area contributed by atoms with E-state index in [9.17, 15) is 4.79 Å². The third-order valence-corrected chi connectivity index (χ3v) is 5.02. The lowest BCUT2D eigenvalue weighted by Gasteiger charge is -2.34. The Bertz CT molecular complexity index is 892. The summed E-state index contributed by atoms with van der Waals surface area (Å²) in [6.45, 7) is 6.17. The van der Waals surface area contributed by atoms with E-state index < -0.39 is 0 Å². The Morgan fingerprint density at radius 3 is 2.59 bits per heavy atom. The number of nitrogens with one attached hydrogen (secondary N) is 1. The number of nitrogens with zero attached hydrogens (tertiary/aromatic N) is 3. The molecule has 0 radical (unpaired) electrons. The Hall–Kier alpha value is -2.86. The van der Waals surface area contributed by atoms with Crippen molar-refractivity contribution >= 4 is 5.91 Å². The van der Waals surface area contributed by atoms with Crippen LogP contribution in [0.1, 0.15) is 21.8 Å². The third-order valence-electron chi connectivity index (χ3n) is 5.02. The van der Waals surface area contributed by atoms with Gasteiger partial charge in [-0.1, -0.05) is 30.3 Å². The highest BCUT2D eigenvalue weighted by molar-refractivity contribution is 5.93. The number of carbonyl (C=O) groups excluding carboxylic acids is 1. The predicted octanol–water partition coefficient (Wildman–Crippen LogP) is 2.98. The van der Waals surface area contributed by atoms with Crippen molar-refractivity contribution in [1.29, 1.82) is 0 Å². The highest BCUT2D eigenvalue weighted by Gasteiger charge is 2.24. The SMILES string of the molecule is Cc1ccc(-c2cc(C(=O)N3CCN(CCc4ccccc4)CC3)n[nH]2)o1. The molecule has 0 aliphatic carbocycles. The topological polar surface area (TPSA) is 65.4 Å². The first kappa shape index (κ1) is 17.5. The average Bonchev–Trinajstić information content (AvgIpc) is 3.36. The molecular formula is C21H24N4O2. The minimum Gasteiger partial charge on any atom is -0.460 e. The first-order valence-corrected chi connectivity index (χ1v) is 9.37. The van der Waals surface area contributed by atoms with Crippen LogP contribution in [0.3, 0.4) is 0 Å². The number of piperazine rings is 1. The minimum absolute atomic E-state index is 0.0245. The van der Waals surface area contributed by atoms with Crippen LogP contribution in [0.5, 0.6) is 0 Å². The highest BCUT2D eigenvalue weighted by atomic mass is 16.3. The van der Waals surface area contributed by atoms with E-state index in [1.54, 1.807) is 6.07 Å². The summed E-state index contributed by atoms with van der Waals surface area (Å²) in [7, 11) is 0. The second-order valence-electron chi connectivity index (χ2n) is 6.95. The average molecular weight is 364 g/mol. The fourth-order valence-electron chi connectivity index (χ4n) is 3.41. The molecule has 1 fully saturated rings. The number of amides is 1. The van der Waals surface area contributed by atoms with E-state index in [1.807, 2.05) is 30.0 Å². The molecule has 4 rings (SSSR count). The van der Waals surface area contributed by atoms with E-state index >= 15 is 0 Å². The van der Waals surface area contributed by atoms with E-state index in [0.29, 0.717) is 11.5 Å². The second-order valence-corrected chi connectivity index (χ2v) is 6.95. The van der Waals surface area contributed by atoms with Crippen molar-refractivity contribution in [3.05, 3.63) is 65.5 Å². The van der Waals surface area contributed by atoms with Crippen LogP contribution in [-0.2, 0) is 6.42 Å². The third kappa shape index (κ3) is 4.11. The second kappa shape index (κ2) is 7.80. The molecule has 2 aromatic heterocycles. The summed E-state index contributed by atoms with van der Waals surface area (Å²) >= 11 is 0. The zero-order valence-electron chi connectivity index (χ0n) is 15.5. The molecule has 0 bridgehead atoms. The zero-order chi connectivity index (χ0) is 18.6. The van der Waals surface area contributed by atoms with Gasteiger partial charge >= 0.3 is 0 Å². The molecule has 1 saturated heterocycles.